The summed E-state index contributed by atoms with van der Waals surface area (Å²) in [5, 5.41) is 13.6. The number of hydrogen-bond acceptors (Lipinski definition) is 5. The van der Waals surface area contributed by atoms with Crippen molar-refractivity contribution in [2.75, 3.05) is 30.4 Å². The summed E-state index contributed by atoms with van der Waals surface area (Å²) >= 11 is 0. The van der Waals surface area contributed by atoms with Gasteiger partial charge in [0, 0.05) is 36.9 Å². The van der Waals surface area contributed by atoms with Crippen LogP contribution in [0, 0.1) is 10.1 Å². The number of non-ortho nitro benzene ring substituents is 1. The molecule has 3 rings (SSSR count). The fourth-order valence-corrected chi connectivity index (χ4v) is 2.91. The van der Waals surface area contributed by atoms with E-state index in [0.29, 0.717) is 17.0 Å². The predicted molar refractivity (Wildman–Crippen MR) is 95.5 cm³/mol. The van der Waals surface area contributed by atoms with Crippen LogP contribution in [0.2, 0.25) is 0 Å². The number of nitro benzene ring substituents is 1. The lowest BCUT2D eigenvalue weighted by Gasteiger charge is -2.22. The molecule has 0 bridgehead atoms. The van der Waals surface area contributed by atoms with Gasteiger partial charge in [-0.3, -0.25) is 14.9 Å². The van der Waals surface area contributed by atoms with Gasteiger partial charge in [-0.25, -0.2) is 0 Å². The van der Waals surface area contributed by atoms with Crippen LogP contribution in [0.25, 0.3) is 0 Å². The maximum absolute atomic E-state index is 12.5. The van der Waals surface area contributed by atoms with Gasteiger partial charge in [0.15, 0.2) is 0 Å². The van der Waals surface area contributed by atoms with E-state index in [1.807, 2.05) is 12.1 Å². The summed E-state index contributed by atoms with van der Waals surface area (Å²) in [4.78, 5) is 25.0. The highest BCUT2D eigenvalue weighted by molar-refractivity contribution is 6.06. The van der Waals surface area contributed by atoms with Crippen molar-refractivity contribution in [1.82, 2.24) is 0 Å². The zero-order valence-corrected chi connectivity index (χ0v) is 13.9. The van der Waals surface area contributed by atoms with Crippen molar-refractivity contribution in [2.45, 2.75) is 12.8 Å². The number of nitrogens with one attached hydrogen (secondary N) is 1. The van der Waals surface area contributed by atoms with E-state index in [1.165, 1.54) is 24.3 Å². The quantitative estimate of drug-likeness (QED) is 0.665. The second-order valence-electron chi connectivity index (χ2n) is 5.84. The van der Waals surface area contributed by atoms with Crippen LogP contribution in [-0.4, -0.2) is 31.0 Å². The first-order chi connectivity index (χ1) is 12.1. The maximum atomic E-state index is 12.5. The molecule has 1 fully saturated rings. The molecule has 0 saturated carbocycles. The molecule has 130 valence electrons. The molecule has 0 aromatic heterocycles. The Morgan fingerprint density at radius 2 is 1.84 bits per heavy atom. The van der Waals surface area contributed by atoms with E-state index in [-0.39, 0.29) is 11.6 Å². The molecule has 2 aromatic carbocycles. The molecule has 1 aliphatic heterocycles. The van der Waals surface area contributed by atoms with Crippen molar-refractivity contribution < 1.29 is 14.5 Å². The van der Waals surface area contributed by atoms with Gasteiger partial charge < -0.3 is 15.0 Å². The number of ether oxygens (including phenoxy) is 1. The lowest BCUT2D eigenvalue weighted by molar-refractivity contribution is -0.384. The third-order valence-electron chi connectivity index (χ3n) is 4.24. The lowest BCUT2D eigenvalue weighted by atomic mass is 10.1. The normalized spacial score (nSPS) is 13.6. The van der Waals surface area contributed by atoms with Gasteiger partial charge in [0.1, 0.15) is 5.75 Å². The Labute approximate surface area is 145 Å². The van der Waals surface area contributed by atoms with E-state index in [4.69, 9.17) is 4.74 Å². The van der Waals surface area contributed by atoms with Crippen LogP contribution in [0.4, 0.5) is 17.1 Å². The third kappa shape index (κ3) is 3.71. The van der Waals surface area contributed by atoms with Gasteiger partial charge in [-0.2, -0.15) is 0 Å². The summed E-state index contributed by atoms with van der Waals surface area (Å²) in [7, 11) is 1.58. The minimum atomic E-state index is -0.491. The van der Waals surface area contributed by atoms with Gasteiger partial charge in [-0.15, -0.1) is 0 Å². The van der Waals surface area contributed by atoms with E-state index in [0.717, 1.165) is 31.6 Å². The lowest BCUT2D eigenvalue weighted by Crippen LogP contribution is -2.21. The molecular weight excluding hydrogens is 322 g/mol. The molecule has 1 amide bonds. The first kappa shape index (κ1) is 16.8. The Bertz CT molecular complexity index is 783. The number of nitro groups is 1. The van der Waals surface area contributed by atoms with Crippen molar-refractivity contribution in [3.63, 3.8) is 0 Å². The number of methoxy groups -OCH3 is 1. The highest BCUT2D eigenvalue weighted by atomic mass is 16.6. The average molecular weight is 341 g/mol. The predicted octanol–water partition coefficient (Wildman–Crippen LogP) is 3.46. The number of carbonyl (C=O) groups is 1. The summed E-state index contributed by atoms with van der Waals surface area (Å²) in [6, 6.07) is 11.1. The van der Waals surface area contributed by atoms with E-state index >= 15 is 0 Å². The minimum absolute atomic E-state index is 0.0457. The number of benzene rings is 2. The van der Waals surface area contributed by atoms with Crippen LogP contribution in [0.1, 0.15) is 23.2 Å². The molecule has 1 saturated heterocycles. The van der Waals surface area contributed by atoms with Crippen molar-refractivity contribution in [3.8, 4) is 5.75 Å². The molecule has 0 radical (unpaired) electrons. The summed E-state index contributed by atoms with van der Waals surface area (Å²) in [6.07, 6.45) is 2.25. The van der Waals surface area contributed by atoms with Gasteiger partial charge in [0.2, 0.25) is 0 Å². The van der Waals surface area contributed by atoms with E-state index < -0.39 is 4.92 Å². The largest absolute Gasteiger partial charge is 0.497 e. The van der Waals surface area contributed by atoms with Crippen LogP contribution in [0.3, 0.4) is 0 Å². The monoisotopic (exact) mass is 341 g/mol. The molecular formula is C18H19N3O4. The highest BCUT2D eigenvalue weighted by Gasteiger charge is 2.18. The van der Waals surface area contributed by atoms with Gasteiger partial charge in [0.25, 0.3) is 11.6 Å². The first-order valence-electron chi connectivity index (χ1n) is 8.07. The fraction of sp³-hybridized carbons (Fsp3) is 0.278. The van der Waals surface area contributed by atoms with Crippen molar-refractivity contribution in [2.24, 2.45) is 0 Å². The minimum Gasteiger partial charge on any atom is -0.497 e. The highest BCUT2D eigenvalue weighted by Crippen LogP contribution is 2.32. The van der Waals surface area contributed by atoms with Crippen LogP contribution in [0.15, 0.2) is 42.5 Å². The van der Waals surface area contributed by atoms with Gasteiger partial charge in [0.05, 0.1) is 23.4 Å². The summed E-state index contributed by atoms with van der Waals surface area (Å²) in [5.74, 6) is 0.338. The Kier molecular flexibility index (Phi) is 4.83. The molecule has 25 heavy (non-hydrogen) atoms. The number of amides is 1. The molecule has 0 spiro atoms. The van der Waals surface area contributed by atoms with Gasteiger partial charge in [-0.05, 0) is 37.1 Å². The molecule has 1 heterocycles. The Morgan fingerprint density at radius 3 is 2.44 bits per heavy atom. The van der Waals surface area contributed by atoms with Crippen LogP contribution >= 0.6 is 0 Å². The maximum Gasteiger partial charge on any atom is 0.269 e. The molecule has 7 nitrogen and oxygen atoms in total. The molecule has 0 aliphatic carbocycles. The second-order valence-corrected chi connectivity index (χ2v) is 5.84. The van der Waals surface area contributed by atoms with Gasteiger partial charge in [-0.1, -0.05) is 0 Å². The van der Waals surface area contributed by atoms with Crippen LogP contribution in [0.5, 0.6) is 5.75 Å². The zero-order valence-electron chi connectivity index (χ0n) is 13.9. The molecule has 7 heteroatoms. The smallest absolute Gasteiger partial charge is 0.269 e. The van der Waals surface area contributed by atoms with Crippen molar-refractivity contribution in [1.29, 1.82) is 0 Å². The standard InChI is InChI=1S/C18H19N3O4/c1-25-15-8-9-17(20-10-2-3-11-20)16(12-15)19-18(22)13-4-6-14(7-5-13)21(23)24/h4-9,12H,2-3,10-11H2,1H3,(H,19,22). The topological polar surface area (TPSA) is 84.7 Å². The van der Waals surface area contributed by atoms with E-state index in [9.17, 15) is 14.9 Å². The number of hydrogen-bond donors (Lipinski definition) is 1. The molecule has 0 unspecified atom stereocenters. The summed E-state index contributed by atoms with van der Waals surface area (Å²) < 4.78 is 5.26. The molecule has 0 atom stereocenters. The summed E-state index contributed by atoms with van der Waals surface area (Å²) in [6.45, 7) is 1.90. The van der Waals surface area contributed by atoms with Crippen LogP contribution in [-0.2, 0) is 0 Å². The zero-order chi connectivity index (χ0) is 17.8. The third-order valence-corrected chi connectivity index (χ3v) is 4.24. The average Bonchev–Trinajstić information content (AvgIpc) is 3.16. The Hall–Kier alpha value is -3.09. The fourth-order valence-electron chi connectivity index (χ4n) is 2.91. The SMILES string of the molecule is COc1ccc(N2CCCC2)c(NC(=O)c2ccc([N+](=O)[O-])cc2)c1. The molecule has 1 aliphatic rings. The number of anilines is 2. The van der Waals surface area contributed by atoms with E-state index in [2.05, 4.69) is 10.2 Å². The first-order valence-corrected chi connectivity index (χ1v) is 8.07. The Morgan fingerprint density at radius 1 is 1.16 bits per heavy atom. The van der Waals surface area contributed by atoms with Crippen LogP contribution < -0.4 is 15.0 Å². The number of rotatable bonds is 5. The molecule has 1 N–H and O–H groups in total. The van der Waals surface area contributed by atoms with Gasteiger partial charge >= 0.3 is 0 Å². The van der Waals surface area contributed by atoms with Crippen molar-refractivity contribution >= 4 is 23.0 Å². The number of carbonyl (C=O) groups excluding carboxylic acids is 1. The molecule has 2 aromatic rings. The summed E-state index contributed by atoms with van der Waals surface area (Å²) in [5.41, 5.74) is 1.94. The van der Waals surface area contributed by atoms with Crippen molar-refractivity contribution in [3.05, 3.63) is 58.1 Å². The Balaban J connectivity index is 1.85. The number of nitrogens with zero attached hydrogens (tertiary/aromatic N) is 2. The van der Waals surface area contributed by atoms with E-state index in [1.54, 1.807) is 13.2 Å². The second kappa shape index (κ2) is 7.21.